The molecule has 6 heteroatoms. The van der Waals surface area contributed by atoms with Gasteiger partial charge in [0.25, 0.3) is 11.7 Å². The molecule has 0 aliphatic carbocycles. The zero-order valence-electron chi connectivity index (χ0n) is 19.1. The van der Waals surface area contributed by atoms with Gasteiger partial charge in [-0.25, -0.2) is 0 Å². The molecule has 2 atom stereocenters. The first kappa shape index (κ1) is 22.2. The first-order chi connectivity index (χ1) is 16.6. The third-order valence-electron chi connectivity index (χ3n) is 6.52. The Bertz CT molecular complexity index is 1250. The summed E-state index contributed by atoms with van der Waals surface area (Å²) in [4.78, 5) is 28.1. The number of amides is 1. The molecule has 6 nitrogen and oxygen atoms in total. The van der Waals surface area contributed by atoms with Crippen LogP contribution < -0.4 is 4.74 Å². The summed E-state index contributed by atoms with van der Waals surface area (Å²) in [5.41, 5.74) is 1.37. The van der Waals surface area contributed by atoms with Gasteiger partial charge >= 0.3 is 0 Å². The van der Waals surface area contributed by atoms with Crippen molar-refractivity contribution in [3.63, 3.8) is 0 Å². The van der Waals surface area contributed by atoms with E-state index >= 15 is 0 Å². The van der Waals surface area contributed by atoms with Crippen molar-refractivity contribution in [3.8, 4) is 5.75 Å². The number of hydrogen-bond acceptors (Lipinski definition) is 5. The minimum atomic E-state index is -0.707. The molecule has 1 amide bonds. The summed E-state index contributed by atoms with van der Waals surface area (Å²) < 4.78 is 11.3. The normalized spacial score (nSPS) is 22.0. The number of Topliss-reactive ketones (excluding diaryl/α,β-unsaturated/α-hetero) is 1. The highest BCUT2D eigenvalue weighted by Gasteiger charge is 2.47. The number of likely N-dealkylation sites (tertiary alicyclic amines) is 1. The number of rotatable bonds is 6. The van der Waals surface area contributed by atoms with E-state index in [4.69, 9.17) is 9.47 Å². The molecule has 3 aromatic rings. The number of ether oxygens (including phenoxy) is 2. The van der Waals surface area contributed by atoms with Crippen molar-refractivity contribution in [1.29, 1.82) is 0 Å². The number of nitrogens with zero attached hydrogens (tertiary/aromatic N) is 1. The predicted octanol–water partition coefficient (Wildman–Crippen LogP) is 4.84. The predicted molar refractivity (Wildman–Crippen MR) is 130 cm³/mol. The molecular weight excluding hydrogens is 430 g/mol. The third-order valence-corrected chi connectivity index (χ3v) is 6.52. The van der Waals surface area contributed by atoms with Crippen LogP contribution in [0.1, 0.15) is 36.9 Å². The van der Waals surface area contributed by atoms with E-state index in [9.17, 15) is 14.7 Å². The summed E-state index contributed by atoms with van der Waals surface area (Å²) in [6, 6.07) is 19.9. The smallest absolute Gasteiger partial charge is 0.295 e. The maximum absolute atomic E-state index is 13.3. The number of aliphatic hydroxyl groups is 1. The fourth-order valence-corrected chi connectivity index (χ4v) is 4.92. The van der Waals surface area contributed by atoms with Gasteiger partial charge in [-0.3, -0.25) is 9.59 Å². The maximum atomic E-state index is 13.3. The lowest BCUT2D eigenvalue weighted by molar-refractivity contribution is -0.140. The number of carbonyl (C=O) groups is 2. The highest BCUT2D eigenvalue weighted by Crippen LogP contribution is 2.42. The molecule has 2 aliphatic rings. The van der Waals surface area contributed by atoms with Crippen LogP contribution in [-0.4, -0.2) is 47.6 Å². The van der Waals surface area contributed by atoms with Gasteiger partial charge in [0.05, 0.1) is 24.3 Å². The average Bonchev–Trinajstić information content (AvgIpc) is 3.46. The van der Waals surface area contributed by atoms with Crippen molar-refractivity contribution < 1.29 is 24.2 Å². The Kier molecular flexibility index (Phi) is 6.07. The number of aliphatic hydroxyl groups excluding tert-OH is 1. The topological polar surface area (TPSA) is 76.1 Å². The molecule has 2 fully saturated rings. The first-order valence-corrected chi connectivity index (χ1v) is 11.7. The van der Waals surface area contributed by atoms with E-state index in [-0.39, 0.29) is 17.4 Å². The van der Waals surface area contributed by atoms with E-state index in [1.54, 1.807) is 29.2 Å². The van der Waals surface area contributed by atoms with Crippen molar-refractivity contribution in [1.82, 2.24) is 4.90 Å². The first-order valence-electron chi connectivity index (χ1n) is 11.7. The van der Waals surface area contributed by atoms with Gasteiger partial charge in [-0.1, -0.05) is 42.5 Å². The second-order valence-corrected chi connectivity index (χ2v) is 8.61. The van der Waals surface area contributed by atoms with Gasteiger partial charge in [-0.15, -0.1) is 0 Å². The highest BCUT2D eigenvalue weighted by atomic mass is 16.5. The maximum Gasteiger partial charge on any atom is 0.295 e. The molecule has 0 radical (unpaired) electrons. The molecule has 2 aliphatic heterocycles. The van der Waals surface area contributed by atoms with E-state index in [1.807, 2.05) is 49.4 Å². The Morgan fingerprint density at radius 3 is 2.56 bits per heavy atom. The standard InChI is InChI=1S/C28H27NO5/c1-2-33-20-14-12-19(13-15-20)26(30)24-25(23-11-5-8-18-7-3-4-10-22(18)23)29(28(32)27(24)31)17-21-9-6-16-34-21/h3-5,7-8,10-15,21,25,30H,2,6,9,16-17H2,1H3/b26-24-. The quantitative estimate of drug-likeness (QED) is 0.326. The average molecular weight is 458 g/mol. The van der Waals surface area contributed by atoms with Gasteiger partial charge in [-0.2, -0.15) is 0 Å². The summed E-state index contributed by atoms with van der Waals surface area (Å²) in [5.74, 6) is -0.805. The van der Waals surface area contributed by atoms with Crippen molar-refractivity contribution in [2.45, 2.75) is 31.9 Å². The summed E-state index contributed by atoms with van der Waals surface area (Å²) in [6.07, 6.45) is 1.64. The lowest BCUT2D eigenvalue weighted by Gasteiger charge is -2.28. The van der Waals surface area contributed by atoms with Crippen LogP contribution in [0.5, 0.6) is 5.75 Å². The zero-order chi connectivity index (χ0) is 23.7. The van der Waals surface area contributed by atoms with Gasteiger partial charge in [0.2, 0.25) is 0 Å². The molecule has 2 heterocycles. The van der Waals surface area contributed by atoms with Gasteiger partial charge < -0.3 is 19.5 Å². The third kappa shape index (κ3) is 3.94. The van der Waals surface area contributed by atoms with Crippen LogP contribution in [0.15, 0.2) is 72.3 Å². The van der Waals surface area contributed by atoms with Crippen LogP contribution in [0, 0.1) is 0 Å². The minimum Gasteiger partial charge on any atom is -0.507 e. The van der Waals surface area contributed by atoms with E-state index in [1.165, 1.54) is 0 Å². The molecule has 0 bridgehead atoms. The monoisotopic (exact) mass is 457 g/mol. The van der Waals surface area contributed by atoms with E-state index in [0.717, 1.165) is 29.2 Å². The van der Waals surface area contributed by atoms with Crippen molar-refractivity contribution in [3.05, 3.63) is 83.4 Å². The number of ketones is 1. The van der Waals surface area contributed by atoms with Crippen molar-refractivity contribution in [2.75, 3.05) is 19.8 Å². The van der Waals surface area contributed by atoms with E-state index < -0.39 is 17.7 Å². The molecule has 0 aromatic heterocycles. The highest BCUT2D eigenvalue weighted by molar-refractivity contribution is 6.46. The van der Waals surface area contributed by atoms with Crippen LogP contribution in [-0.2, 0) is 14.3 Å². The lowest BCUT2D eigenvalue weighted by atomic mass is 9.91. The molecule has 0 saturated carbocycles. The van der Waals surface area contributed by atoms with Crippen LogP contribution in [0.25, 0.3) is 16.5 Å². The molecule has 2 unspecified atom stereocenters. The molecular formula is C28H27NO5. The molecule has 1 N–H and O–H groups in total. The van der Waals surface area contributed by atoms with Crippen molar-refractivity contribution >= 4 is 28.2 Å². The minimum absolute atomic E-state index is 0.100. The summed E-state index contributed by atoms with van der Waals surface area (Å²) >= 11 is 0. The van der Waals surface area contributed by atoms with Gasteiger partial charge in [0.15, 0.2) is 0 Å². The lowest BCUT2D eigenvalue weighted by Crippen LogP contribution is -2.36. The number of carbonyl (C=O) groups excluding carboxylic acids is 2. The number of fused-ring (bicyclic) bond motifs is 1. The van der Waals surface area contributed by atoms with Crippen molar-refractivity contribution in [2.24, 2.45) is 0 Å². The molecule has 0 spiro atoms. The molecule has 2 saturated heterocycles. The zero-order valence-corrected chi connectivity index (χ0v) is 19.1. The summed E-state index contributed by atoms with van der Waals surface area (Å²) in [7, 11) is 0. The number of hydrogen-bond donors (Lipinski definition) is 1. The SMILES string of the molecule is CCOc1ccc(/C(O)=C2/C(=O)C(=O)N(CC3CCCO3)C2c2cccc3ccccc23)cc1. The molecule has 5 rings (SSSR count). The Labute approximate surface area is 198 Å². The Hall–Kier alpha value is -3.64. The van der Waals surface area contributed by atoms with E-state index in [2.05, 4.69) is 0 Å². The van der Waals surface area contributed by atoms with E-state index in [0.29, 0.717) is 31.1 Å². The second kappa shape index (κ2) is 9.31. The Morgan fingerprint density at radius 1 is 1.06 bits per heavy atom. The van der Waals surface area contributed by atoms with Crippen LogP contribution in [0.3, 0.4) is 0 Å². The van der Waals surface area contributed by atoms with Gasteiger partial charge in [-0.05, 0) is 60.4 Å². The van der Waals surface area contributed by atoms with Gasteiger partial charge in [0.1, 0.15) is 11.5 Å². The molecule has 3 aromatic carbocycles. The van der Waals surface area contributed by atoms with Gasteiger partial charge in [0, 0.05) is 18.7 Å². The second-order valence-electron chi connectivity index (χ2n) is 8.61. The van der Waals surface area contributed by atoms with Crippen LogP contribution in [0.2, 0.25) is 0 Å². The molecule has 174 valence electrons. The van der Waals surface area contributed by atoms with Crippen LogP contribution >= 0.6 is 0 Å². The van der Waals surface area contributed by atoms with Crippen LogP contribution in [0.4, 0.5) is 0 Å². The summed E-state index contributed by atoms with van der Waals surface area (Å²) in [6.45, 7) is 3.38. The Balaban J connectivity index is 1.66. The largest absolute Gasteiger partial charge is 0.507 e. The number of benzene rings is 3. The summed E-state index contributed by atoms with van der Waals surface area (Å²) in [5, 5.41) is 13.3. The fourth-order valence-electron chi connectivity index (χ4n) is 4.92. The Morgan fingerprint density at radius 2 is 1.82 bits per heavy atom. The fraction of sp³-hybridized carbons (Fsp3) is 0.286. The molecule has 34 heavy (non-hydrogen) atoms.